The number of carbonyl (C=O) groups is 2. The van der Waals surface area contributed by atoms with Crippen LogP contribution in [0.4, 0.5) is 5.82 Å². The summed E-state index contributed by atoms with van der Waals surface area (Å²) in [5.74, 6) is 0.976. The highest BCUT2D eigenvalue weighted by Gasteiger charge is 2.21. The first kappa shape index (κ1) is 19.1. The van der Waals surface area contributed by atoms with Crippen molar-refractivity contribution in [3.05, 3.63) is 29.8 Å². The second-order valence-electron chi connectivity index (χ2n) is 7.00. The number of amides is 2. The van der Waals surface area contributed by atoms with Gasteiger partial charge in [0.15, 0.2) is 5.82 Å². The average Bonchev–Trinajstić information content (AvgIpc) is 3.12. The summed E-state index contributed by atoms with van der Waals surface area (Å²) in [6.07, 6.45) is 4.79. The lowest BCUT2D eigenvalue weighted by molar-refractivity contribution is -0.121. The smallest absolute Gasteiger partial charge is 0.239 e. The molecule has 0 aromatic carbocycles. The van der Waals surface area contributed by atoms with Gasteiger partial charge >= 0.3 is 0 Å². The lowest BCUT2D eigenvalue weighted by Crippen LogP contribution is -2.38. The summed E-state index contributed by atoms with van der Waals surface area (Å²) < 4.78 is 6.64. The van der Waals surface area contributed by atoms with Gasteiger partial charge in [-0.05, 0) is 38.8 Å². The monoisotopic (exact) mass is 374 g/mol. The fourth-order valence-corrected chi connectivity index (χ4v) is 3.27. The summed E-state index contributed by atoms with van der Waals surface area (Å²) in [4.78, 5) is 26.5. The summed E-state index contributed by atoms with van der Waals surface area (Å²) in [5.41, 5.74) is 0.769. The van der Waals surface area contributed by atoms with E-state index in [0.717, 1.165) is 38.0 Å². The van der Waals surface area contributed by atoms with E-state index in [2.05, 4.69) is 25.8 Å². The molecule has 27 heavy (non-hydrogen) atoms. The maximum atomic E-state index is 12.2. The topological polar surface area (TPSA) is 105 Å². The molecule has 9 nitrogen and oxygen atoms in total. The summed E-state index contributed by atoms with van der Waals surface area (Å²) in [7, 11) is 1.83. The van der Waals surface area contributed by atoms with Crippen LogP contribution in [0.2, 0.25) is 0 Å². The van der Waals surface area contributed by atoms with E-state index in [1.165, 1.54) is 0 Å². The van der Waals surface area contributed by atoms with Crippen LogP contribution >= 0.6 is 0 Å². The Morgan fingerprint density at radius 1 is 1.30 bits per heavy atom. The number of nitrogens with zero attached hydrogens (tertiary/aromatic N) is 4. The summed E-state index contributed by atoms with van der Waals surface area (Å²) in [6.45, 7) is 3.68. The molecule has 0 saturated carbocycles. The van der Waals surface area contributed by atoms with E-state index in [4.69, 9.17) is 4.52 Å². The van der Waals surface area contributed by atoms with Crippen LogP contribution in [0.5, 0.6) is 0 Å². The van der Waals surface area contributed by atoms with Gasteiger partial charge in [-0.15, -0.1) is 0 Å². The van der Waals surface area contributed by atoms with Crippen molar-refractivity contribution >= 4 is 17.6 Å². The molecule has 1 atom stereocenters. The van der Waals surface area contributed by atoms with Crippen LogP contribution in [0, 0.1) is 6.92 Å². The molecule has 2 aromatic rings. The zero-order chi connectivity index (χ0) is 19.2. The molecule has 146 valence electrons. The van der Waals surface area contributed by atoms with Gasteiger partial charge in [-0.25, -0.2) is 0 Å². The molecule has 2 N–H and O–H groups in total. The molecule has 0 aliphatic carbocycles. The fraction of sp³-hybridized carbons (Fsp3) is 0.556. The van der Waals surface area contributed by atoms with Crippen LogP contribution in [0.1, 0.15) is 30.7 Å². The van der Waals surface area contributed by atoms with E-state index in [1.54, 1.807) is 17.7 Å². The van der Waals surface area contributed by atoms with Gasteiger partial charge < -0.3 is 15.2 Å². The Balaban J connectivity index is 1.41. The van der Waals surface area contributed by atoms with Crippen molar-refractivity contribution in [3.63, 3.8) is 0 Å². The van der Waals surface area contributed by atoms with Crippen LogP contribution in [0.25, 0.3) is 0 Å². The molecule has 1 unspecified atom stereocenters. The number of aryl methyl sites for hydroxylation is 2. The highest BCUT2D eigenvalue weighted by Crippen LogP contribution is 2.12. The van der Waals surface area contributed by atoms with E-state index in [0.29, 0.717) is 24.5 Å². The van der Waals surface area contributed by atoms with Gasteiger partial charge in [-0.2, -0.15) is 5.10 Å². The largest absolute Gasteiger partial charge is 0.360 e. The normalized spacial score (nSPS) is 18.1. The van der Waals surface area contributed by atoms with E-state index in [9.17, 15) is 9.59 Å². The van der Waals surface area contributed by atoms with Gasteiger partial charge in [0.05, 0.1) is 18.7 Å². The van der Waals surface area contributed by atoms with Crippen LogP contribution in [0.3, 0.4) is 0 Å². The predicted octanol–water partition coefficient (Wildman–Crippen LogP) is 0.868. The number of carbonyl (C=O) groups excluding carboxylic acids is 2. The molecule has 0 radical (unpaired) electrons. The first-order valence-electron chi connectivity index (χ1n) is 9.21. The Hall–Kier alpha value is -2.68. The molecule has 1 aliphatic heterocycles. The zero-order valence-electron chi connectivity index (χ0n) is 15.8. The number of anilines is 1. The molecular formula is C18H26N6O3. The number of hydrogen-bond acceptors (Lipinski definition) is 6. The maximum absolute atomic E-state index is 12.2. The molecule has 2 amide bonds. The highest BCUT2D eigenvalue weighted by molar-refractivity contribution is 5.91. The number of hydrogen-bond donors (Lipinski definition) is 2. The van der Waals surface area contributed by atoms with Crippen molar-refractivity contribution in [2.75, 3.05) is 25.0 Å². The van der Waals surface area contributed by atoms with Crippen LogP contribution in [-0.4, -0.2) is 57.3 Å². The van der Waals surface area contributed by atoms with Crippen LogP contribution < -0.4 is 10.6 Å². The lowest BCUT2D eigenvalue weighted by atomic mass is 10.1. The third-order valence-corrected chi connectivity index (χ3v) is 4.56. The minimum Gasteiger partial charge on any atom is -0.360 e. The van der Waals surface area contributed by atoms with Gasteiger partial charge in [0.1, 0.15) is 5.76 Å². The maximum Gasteiger partial charge on any atom is 0.239 e. The number of rotatable bonds is 6. The minimum atomic E-state index is -0.110. The first-order chi connectivity index (χ1) is 13.0. The van der Waals surface area contributed by atoms with E-state index in [1.807, 2.05) is 19.3 Å². The van der Waals surface area contributed by atoms with E-state index < -0.39 is 0 Å². The molecule has 2 aromatic heterocycles. The standard InChI is InChI=1S/C18H26N6O3/c1-13-10-16(22-27-13)20-18(26)12-24-7-3-4-14(6-9-24)19-17(25)11-15-5-8-23(2)21-15/h5,8,10,14H,3-4,6-7,9,11-12H2,1-2H3,(H,19,25)(H,20,22,26). The Bertz CT molecular complexity index is 719. The molecule has 1 aliphatic rings. The second-order valence-corrected chi connectivity index (χ2v) is 7.00. The van der Waals surface area contributed by atoms with Crippen molar-refractivity contribution in [2.45, 2.75) is 38.6 Å². The zero-order valence-corrected chi connectivity index (χ0v) is 15.8. The van der Waals surface area contributed by atoms with Gasteiger partial charge in [-0.1, -0.05) is 5.16 Å². The molecule has 9 heteroatoms. The molecule has 3 heterocycles. The fourth-order valence-electron chi connectivity index (χ4n) is 3.27. The Morgan fingerprint density at radius 2 is 2.15 bits per heavy atom. The number of nitrogens with one attached hydrogen (secondary N) is 2. The third-order valence-electron chi connectivity index (χ3n) is 4.56. The van der Waals surface area contributed by atoms with Crippen molar-refractivity contribution in [1.29, 1.82) is 0 Å². The molecule has 1 saturated heterocycles. The first-order valence-corrected chi connectivity index (χ1v) is 9.21. The molecule has 0 bridgehead atoms. The van der Waals surface area contributed by atoms with E-state index >= 15 is 0 Å². The minimum absolute atomic E-state index is 0.00806. The van der Waals surface area contributed by atoms with Crippen molar-refractivity contribution < 1.29 is 14.1 Å². The second kappa shape index (κ2) is 8.81. The summed E-state index contributed by atoms with van der Waals surface area (Å²) >= 11 is 0. The van der Waals surface area contributed by atoms with Crippen molar-refractivity contribution in [1.82, 2.24) is 25.2 Å². The quantitative estimate of drug-likeness (QED) is 0.777. The van der Waals surface area contributed by atoms with Crippen molar-refractivity contribution in [3.8, 4) is 0 Å². The number of aromatic nitrogens is 3. The van der Waals surface area contributed by atoms with Crippen LogP contribution in [0.15, 0.2) is 22.9 Å². The van der Waals surface area contributed by atoms with Gasteiger partial charge in [0.2, 0.25) is 11.8 Å². The Labute approximate surface area is 158 Å². The van der Waals surface area contributed by atoms with Gasteiger partial charge in [-0.3, -0.25) is 19.2 Å². The summed E-state index contributed by atoms with van der Waals surface area (Å²) in [5, 5.41) is 13.8. The van der Waals surface area contributed by atoms with Crippen LogP contribution in [-0.2, 0) is 23.1 Å². The SMILES string of the molecule is Cc1cc(NC(=O)CN2CCCC(NC(=O)Cc3ccn(C)n3)CC2)no1. The van der Waals surface area contributed by atoms with Crippen molar-refractivity contribution in [2.24, 2.45) is 7.05 Å². The molecular weight excluding hydrogens is 348 g/mol. The third kappa shape index (κ3) is 5.92. The van der Waals surface area contributed by atoms with Gasteiger partial charge in [0, 0.05) is 31.9 Å². The van der Waals surface area contributed by atoms with Gasteiger partial charge in [0.25, 0.3) is 0 Å². The highest BCUT2D eigenvalue weighted by atomic mass is 16.5. The van der Waals surface area contributed by atoms with E-state index in [-0.39, 0.29) is 17.9 Å². The average molecular weight is 374 g/mol. The molecule has 1 fully saturated rings. The number of likely N-dealkylation sites (tertiary alicyclic amines) is 1. The summed E-state index contributed by atoms with van der Waals surface area (Å²) in [6, 6.07) is 3.67. The Morgan fingerprint density at radius 3 is 2.85 bits per heavy atom. The predicted molar refractivity (Wildman–Crippen MR) is 99.0 cm³/mol. The lowest BCUT2D eigenvalue weighted by Gasteiger charge is -2.19. The molecule has 3 rings (SSSR count). The molecule has 0 spiro atoms. The Kier molecular flexibility index (Phi) is 6.23.